The van der Waals surface area contributed by atoms with E-state index in [4.69, 9.17) is 16.6 Å². The van der Waals surface area contributed by atoms with Crippen molar-refractivity contribution in [2.45, 2.75) is 13.1 Å². The normalized spacial score (nSPS) is 12.2. The van der Waals surface area contributed by atoms with E-state index in [1.165, 1.54) is 13.0 Å². The summed E-state index contributed by atoms with van der Waals surface area (Å²) in [4.78, 5) is 10.1. The first-order valence-corrected chi connectivity index (χ1v) is 2.47. The lowest BCUT2D eigenvalue weighted by Gasteiger charge is -1.96. The van der Waals surface area contributed by atoms with Crippen LogP contribution in [-0.2, 0) is 4.79 Å². The van der Waals surface area contributed by atoms with Gasteiger partial charge < -0.3 is 16.6 Å². The van der Waals surface area contributed by atoms with Crippen LogP contribution in [-0.4, -0.2) is 17.2 Å². The minimum atomic E-state index is -0.990. The summed E-state index contributed by atoms with van der Waals surface area (Å²) >= 11 is 0. The van der Waals surface area contributed by atoms with Gasteiger partial charge in [0, 0.05) is 5.57 Å². The van der Waals surface area contributed by atoms with Gasteiger partial charge in [0.05, 0.1) is 6.17 Å². The molecule has 0 amide bonds. The number of hydrogen-bond acceptors (Lipinski definition) is 3. The minimum Gasteiger partial charge on any atom is -0.478 e. The lowest BCUT2D eigenvalue weighted by atomic mass is 10.3. The Balaban J connectivity index is 4.00. The first-order valence-electron chi connectivity index (χ1n) is 2.47. The summed E-state index contributed by atoms with van der Waals surface area (Å²) in [6.07, 6.45) is 0.601. The highest BCUT2D eigenvalue weighted by molar-refractivity contribution is 5.85. The molecule has 0 aromatic rings. The van der Waals surface area contributed by atoms with Crippen LogP contribution < -0.4 is 11.5 Å². The second-order valence-electron chi connectivity index (χ2n) is 1.73. The maximum atomic E-state index is 10.1. The molecule has 4 heteroatoms. The maximum Gasteiger partial charge on any atom is 0.331 e. The molecule has 0 aliphatic rings. The largest absolute Gasteiger partial charge is 0.478 e. The second-order valence-corrected chi connectivity index (χ2v) is 1.73. The van der Waals surface area contributed by atoms with Crippen molar-refractivity contribution in [3.8, 4) is 0 Å². The predicted octanol–water partition coefficient (Wildman–Crippen LogP) is -0.739. The molecule has 0 fully saturated rings. The standard InChI is InChI=1S/C5H10N2O2/c1-3(5(8)9)2-4(6)7/h2,4H,6-7H2,1H3,(H,8,9). The van der Waals surface area contributed by atoms with Crippen molar-refractivity contribution in [2.24, 2.45) is 11.5 Å². The van der Waals surface area contributed by atoms with E-state index in [-0.39, 0.29) is 5.57 Å². The zero-order valence-electron chi connectivity index (χ0n) is 5.16. The number of carboxylic acid groups (broad SMARTS) is 1. The van der Waals surface area contributed by atoms with Gasteiger partial charge in [-0.3, -0.25) is 0 Å². The summed E-state index contributed by atoms with van der Waals surface area (Å²) in [5.41, 5.74) is 10.3. The van der Waals surface area contributed by atoms with Crippen molar-refractivity contribution >= 4 is 5.97 Å². The van der Waals surface area contributed by atoms with Gasteiger partial charge in [-0.05, 0) is 13.0 Å². The summed E-state index contributed by atoms with van der Waals surface area (Å²) in [5.74, 6) is -0.990. The van der Waals surface area contributed by atoms with Crippen molar-refractivity contribution < 1.29 is 9.90 Å². The third kappa shape index (κ3) is 3.69. The van der Waals surface area contributed by atoms with Crippen LogP contribution in [0.3, 0.4) is 0 Å². The van der Waals surface area contributed by atoms with Gasteiger partial charge in [0.1, 0.15) is 0 Å². The van der Waals surface area contributed by atoms with Gasteiger partial charge >= 0.3 is 5.97 Å². The van der Waals surface area contributed by atoms with Crippen molar-refractivity contribution in [3.05, 3.63) is 11.6 Å². The van der Waals surface area contributed by atoms with E-state index in [9.17, 15) is 4.79 Å². The highest BCUT2D eigenvalue weighted by atomic mass is 16.4. The van der Waals surface area contributed by atoms with Crippen LogP contribution in [0.2, 0.25) is 0 Å². The first-order chi connectivity index (χ1) is 4.04. The molecule has 0 unspecified atom stereocenters. The molecule has 0 aliphatic heterocycles. The molecular formula is C5H10N2O2. The van der Waals surface area contributed by atoms with Crippen molar-refractivity contribution in [3.63, 3.8) is 0 Å². The highest BCUT2D eigenvalue weighted by Gasteiger charge is 1.99. The molecule has 0 aliphatic carbocycles. The van der Waals surface area contributed by atoms with Crippen LogP contribution in [0.15, 0.2) is 11.6 Å². The Labute approximate surface area is 53.1 Å². The molecule has 0 radical (unpaired) electrons. The molecule has 0 aromatic heterocycles. The van der Waals surface area contributed by atoms with E-state index in [1.807, 2.05) is 0 Å². The fraction of sp³-hybridized carbons (Fsp3) is 0.400. The van der Waals surface area contributed by atoms with E-state index < -0.39 is 12.1 Å². The van der Waals surface area contributed by atoms with E-state index in [0.717, 1.165) is 0 Å². The number of aliphatic carboxylic acids is 1. The monoisotopic (exact) mass is 130 g/mol. The fourth-order valence-corrected chi connectivity index (χ4v) is 0.360. The van der Waals surface area contributed by atoms with E-state index >= 15 is 0 Å². The van der Waals surface area contributed by atoms with E-state index in [1.54, 1.807) is 0 Å². The Bertz CT molecular complexity index is 140. The smallest absolute Gasteiger partial charge is 0.331 e. The molecule has 0 bridgehead atoms. The van der Waals surface area contributed by atoms with Gasteiger partial charge in [-0.2, -0.15) is 0 Å². The number of rotatable bonds is 2. The molecule has 0 aromatic carbocycles. The fourth-order valence-electron chi connectivity index (χ4n) is 0.360. The van der Waals surface area contributed by atoms with Gasteiger partial charge in [0.2, 0.25) is 0 Å². The van der Waals surface area contributed by atoms with Crippen LogP contribution in [0.5, 0.6) is 0 Å². The van der Waals surface area contributed by atoms with Crippen LogP contribution in [0.25, 0.3) is 0 Å². The highest BCUT2D eigenvalue weighted by Crippen LogP contribution is 1.90. The van der Waals surface area contributed by atoms with Crippen LogP contribution in [0, 0.1) is 0 Å². The summed E-state index contributed by atoms with van der Waals surface area (Å²) in [6, 6.07) is 0. The summed E-state index contributed by atoms with van der Waals surface area (Å²) in [7, 11) is 0. The molecule has 0 rings (SSSR count). The third-order valence-corrected chi connectivity index (χ3v) is 0.780. The Morgan fingerprint density at radius 3 is 2.22 bits per heavy atom. The van der Waals surface area contributed by atoms with Crippen molar-refractivity contribution in [1.29, 1.82) is 0 Å². The molecule has 52 valence electrons. The number of hydrogen-bond donors (Lipinski definition) is 3. The Hall–Kier alpha value is -0.870. The topological polar surface area (TPSA) is 89.3 Å². The van der Waals surface area contributed by atoms with E-state index in [0.29, 0.717) is 0 Å². The van der Waals surface area contributed by atoms with E-state index in [2.05, 4.69) is 0 Å². The SMILES string of the molecule is CC(=CC(N)N)C(=O)O. The summed E-state index contributed by atoms with van der Waals surface area (Å²) < 4.78 is 0. The molecule has 0 spiro atoms. The molecular weight excluding hydrogens is 120 g/mol. The quantitative estimate of drug-likeness (QED) is 0.339. The second kappa shape index (κ2) is 3.21. The zero-order chi connectivity index (χ0) is 7.44. The Kier molecular flexibility index (Phi) is 2.90. The first kappa shape index (κ1) is 8.13. The average molecular weight is 130 g/mol. The average Bonchev–Trinajstić information content (AvgIpc) is 1.63. The lowest BCUT2D eigenvalue weighted by Crippen LogP contribution is -2.28. The third-order valence-electron chi connectivity index (χ3n) is 0.780. The molecule has 0 heterocycles. The van der Waals surface area contributed by atoms with Gasteiger partial charge in [-0.25, -0.2) is 4.79 Å². The Morgan fingerprint density at radius 2 is 2.11 bits per heavy atom. The molecule has 0 atom stereocenters. The zero-order valence-corrected chi connectivity index (χ0v) is 5.16. The summed E-state index contributed by atoms with van der Waals surface area (Å²) in [6.45, 7) is 1.44. The van der Waals surface area contributed by atoms with Gasteiger partial charge in [0.25, 0.3) is 0 Å². The van der Waals surface area contributed by atoms with Crippen LogP contribution in [0.4, 0.5) is 0 Å². The molecule has 4 nitrogen and oxygen atoms in total. The summed E-state index contributed by atoms with van der Waals surface area (Å²) in [5, 5.41) is 8.25. The van der Waals surface area contributed by atoms with Gasteiger partial charge in [-0.15, -0.1) is 0 Å². The van der Waals surface area contributed by atoms with Crippen molar-refractivity contribution in [1.82, 2.24) is 0 Å². The number of nitrogens with two attached hydrogens (primary N) is 2. The molecule has 5 N–H and O–H groups in total. The van der Waals surface area contributed by atoms with Crippen LogP contribution in [0.1, 0.15) is 6.92 Å². The predicted molar refractivity (Wildman–Crippen MR) is 33.6 cm³/mol. The lowest BCUT2D eigenvalue weighted by molar-refractivity contribution is -0.132. The number of carbonyl (C=O) groups is 1. The molecule has 0 saturated carbocycles. The number of carboxylic acids is 1. The minimum absolute atomic E-state index is 0.171. The van der Waals surface area contributed by atoms with Crippen molar-refractivity contribution in [2.75, 3.05) is 0 Å². The molecule has 9 heavy (non-hydrogen) atoms. The maximum absolute atomic E-state index is 10.1. The Morgan fingerprint density at radius 1 is 1.67 bits per heavy atom. The molecule has 0 saturated heterocycles. The van der Waals surface area contributed by atoms with Crippen LogP contribution >= 0.6 is 0 Å². The van der Waals surface area contributed by atoms with Gasteiger partial charge in [-0.1, -0.05) is 0 Å². The van der Waals surface area contributed by atoms with Gasteiger partial charge in [0.15, 0.2) is 0 Å².